The van der Waals surface area contributed by atoms with E-state index in [-0.39, 0.29) is 5.91 Å². The number of hydrogen-bond acceptors (Lipinski definition) is 4. The fourth-order valence-corrected chi connectivity index (χ4v) is 3.87. The number of benzene rings is 1. The molecule has 5 nitrogen and oxygen atoms in total. The summed E-state index contributed by atoms with van der Waals surface area (Å²) in [5, 5.41) is 7.53. The first kappa shape index (κ1) is 17.6. The van der Waals surface area contributed by atoms with E-state index >= 15 is 0 Å². The SMILES string of the molecule is CCN(C(C)=O)c1nc(CNCCc2c[nH]c3cc(C)ccc23)cs1. The number of rotatable bonds is 7. The van der Waals surface area contributed by atoms with Gasteiger partial charge in [0.15, 0.2) is 5.13 Å². The Morgan fingerprint density at radius 1 is 1.40 bits per heavy atom. The van der Waals surface area contributed by atoms with Crippen LogP contribution in [0, 0.1) is 6.92 Å². The number of aromatic amines is 1. The molecular formula is C19H24N4OS. The monoisotopic (exact) mass is 356 g/mol. The van der Waals surface area contributed by atoms with Crippen LogP contribution >= 0.6 is 11.3 Å². The Labute approximate surface area is 152 Å². The summed E-state index contributed by atoms with van der Waals surface area (Å²) in [6.07, 6.45) is 3.06. The van der Waals surface area contributed by atoms with E-state index < -0.39 is 0 Å². The van der Waals surface area contributed by atoms with Gasteiger partial charge >= 0.3 is 0 Å². The molecule has 3 aromatic rings. The van der Waals surface area contributed by atoms with E-state index in [0.717, 1.165) is 23.8 Å². The Morgan fingerprint density at radius 3 is 3.00 bits per heavy atom. The van der Waals surface area contributed by atoms with Gasteiger partial charge in [0.1, 0.15) is 0 Å². The van der Waals surface area contributed by atoms with Crippen molar-refractivity contribution in [2.24, 2.45) is 0 Å². The van der Waals surface area contributed by atoms with Crippen LogP contribution in [0.15, 0.2) is 29.8 Å². The number of nitrogens with one attached hydrogen (secondary N) is 2. The van der Waals surface area contributed by atoms with E-state index in [1.165, 1.54) is 33.4 Å². The van der Waals surface area contributed by atoms with Gasteiger partial charge < -0.3 is 10.3 Å². The zero-order chi connectivity index (χ0) is 17.8. The smallest absolute Gasteiger partial charge is 0.225 e. The molecule has 0 fully saturated rings. The van der Waals surface area contributed by atoms with Gasteiger partial charge in [-0.05, 0) is 44.0 Å². The molecule has 1 amide bonds. The van der Waals surface area contributed by atoms with Gasteiger partial charge in [0.25, 0.3) is 0 Å². The Morgan fingerprint density at radius 2 is 2.24 bits per heavy atom. The molecule has 0 radical (unpaired) electrons. The first-order valence-electron chi connectivity index (χ1n) is 8.58. The van der Waals surface area contributed by atoms with Crippen molar-refractivity contribution in [2.75, 3.05) is 18.0 Å². The molecule has 2 aromatic heterocycles. The summed E-state index contributed by atoms with van der Waals surface area (Å²) in [5.74, 6) is 0.0333. The van der Waals surface area contributed by atoms with Gasteiger partial charge in [-0.2, -0.15) is 0 Å². The van der Waals surface area contributed by atoms with Crippen LogP contribution < -0.4 is 10.2 Å². The summed E-state index contributed by atoms with van der Waals surface area (Å²) in [5.41, 5.74) is 4.78. The lowest BCUT2D eigenvalue weighted by molar-refractivity contribution is -0.116. The van der Waals surface area contributed by atoms with E-state index in [9.17, 15) is 4.79 Å². The molecule has 0 saturated carbocycles. The van der Waals surface area contributed by atoms with Crippen molar-refractivity contribution in [3.63, 3.8) is 0 Å². The maximum absolute atomic E-state index is 11.6. The fourth-order valence-electron chi connectivity index (χ4n) is 2.94. The Balaban J connectivity index is 1.53. The molecule has 25 heavy (non-hydrogen) atoms. The molecule has 0 aliphatic rings. The summed E-state index contributed by atoms with van der Waals surface area (Å²) < 4.78 is 0. The second-order valence-electron chi connectivity index (χ2n) is 6.17. The minimum Gasteiger partial charge on any atom is -0.361 e. The number of H-pyrrole nitrogens is 1. The van der Waals surface area contributed by atoms with E-state index in [4.69, 9.17) is 0 Å². The second kappa shape index (κ2) is 7.80. The van der Waals surface area contributed by atoms with Crippen molar-refractivity contribution in [1.29, 1.82) is 0 Å². The third kappa shape index (κ3) is 4.08. The molecule has 0 unspecified atom stereocenters. The predicted octanol–water partition coefficient (Wildman–Crippen LogP) is 3.64. The number of carbonyl (C=O) groups is 1. The summed E-state index contributed by atoms with van der Waals surface area (Å²) >= 11 is 1.52. The molecule has 3 rings (SSSR count). The van der Waals surface area contributed by atoms with Crippen LogP contribution in [0.2, 0.25) is 0 Å². The van der Waals surface area contributed by atoms with Crippen LogP contribution in [0.1, 0.15) is 30.7 Å². The van der Waals surface area contributed by atoms with Crippen molar-refractivity contribution >= 4 is 33.3 Å². The van der Waals surface area contributed by atoms with Crippen LogP contribution in [0.4, 0.5) is 5.13 Å². The second-order valence-corrected chi connectivity index (χ2v) is 7.01. The molecular weight excluding hydrogens is 332 g/mol. The van der Waals surface area contributed by atoms with E-state index in [2.05, 4.69) is 46.6 Å². The van der Waals surface area contributed by atoms with E-state index in [0.29, 0.717) is 13.1 Å². The van der Waals surface area contributed by atoms with Crippen molar-refractivity contribution in [2.45, 2.75) is 33.7 Å². The maximum Gasteiger partial charge on any atom is 0.225 e. The molecule has 6 heteroatoms. The predicted molar refractivity (Wildman–Crippen MR) is 104 cm³/mol. The number of aryl methyl sites for hydroxylation is 1. The zero-order valence-electron chi connectivity index (χ0n) is 14.9. The van der Waals surface area contributed by atoms with Crippen LogP contribution in [-0.4, -0.2) is 29.0 Å². The molecule has 0 bridgehead atoms. The van der Waals surface area contributed by atoms with Crippen molar-refractivity contribution in [3.8, 4) is 0 Å². The topological polar surface area (TPSA) is 61.0 Å². The molecule has 0 aliphatic heterocycles. The van der Waals surface area contributed by atoms with Crippen molar-refractivity contribution in [1.82, 2.24) is 15.3 Å². The van der Waals surface area contributed by atoms with Crippen LogP contribution in [-0.2, 0) is 17.8 Å². The molecule has 2 heterocycles. The number of fused-ring (bicyclic) bond motifs is 1. The highest BCUT2D eigenvalue weighted by Gasteiger charge is 2.13. The number of nitrogens with zero attached hydrogens (tertiary/aromatic N) is 2. The summed E-state index contributed by atoms with van der Waals surface area (Å²) in [4.78, 5) is 21.2. The average molecular weight is 356 g/mol. The normalized spacial score (nSPS) is 11.2. The number of hydrogen-bond donors (Lipinski definition) is 2. The summed E-state index contributed by atoms with van der Waals surface area (Å²) in [6, 6.07) is 6.51. The Bertz CT molecular complexity index is 867. The van der Waals surface area contributed by atoms with Crippen LogP contribution in [0.3, 0.4) is 0 Å². The molecule has 0 aliphatic carbocycles. The lowest BCUT2D eigenvalue weighted by Crippen LogP contribution is -2.27. The van der Waals surface area contributed by atoms with Gasteiger partial charge in [-0.1, -0.05) is 12.1 Å². The van der Waals surface area contributed by atoms with Crippen molar-refractivity contribution < 1.29 is 4.79 Å². The van der Waals surface area contributed by atoms with Crippen LogP contribution in [0.25, 0.3) is 10.9 Å². The largest absolute Gasteiger partial charge is 0.361 e. The molecule has 0 saturated heterocycles. The lowest BCUT2D eigenvalue weighted by Gasteiger charge is -2.14. The Hall–Kier alpha value is -2.18. The maximum atomic E-state index is 11.6. The van der Waals surface area contributed by atoms with Crippen LogP contribution in [0.5, 0.6) is 0 Å². The first-order valence-corrected chi connectivity index (χ1v) is 9.46. The zero-order valence-corrected chi connectivity index (χ0v) is 15.7. The number of aromatic nitrogens is 2. The van der Waals surface area contributed by atoms with Gasteiger partial charge in [-0.25, -0.2) is 4.98 Å². The Kier molecular flexibility index (Phi) is 5.50. The molecule has 1 aromatic carbocycles. The number of carbonyl (C=O) groups excluding carboxylic acids is 1. The van der Waals surface area contributed by atoms with Gasteiger partial charge in [-0.3, -0.25) is 9.69 Å². The highest BCUT2D eigenvalue weighted by atomic mass is 32.1. The van der Waals surface area contributed by atoms with E-state index in [1.807, 2.05) is 12.3 Å². The minimum atomic E-state index is 0.0333. The van der Waals surface area contributed by atoms with E-state index in [1.54, 1.807) is 11.8 Å². The summed E-state index contributed by atoms with van der Waals surface area (Å²) in [7, 11) is 0. The number of anilines is 1. The standard InChI is InChI=1S/C19H24N4OS/c1-4-23(14(3)24)19-22-16(12-25-19)11-20-8-7-15-10-21-18-9-13(2)5-6-17(15)18/h5-6,9-10,12,20-21H,4,7-8,11H2,1-3H3. The summed E-state index contributed by atoms with van der Waals surface area (Å²) in [6.45, 7) is 7.89. The highest BCUT2D eigenvalue weighted by molar-refractivity contribution is 7.14. The van der Waals surface area contributed by atoms with Crippen molar-refractivity contribution in [3.05, 3.63) is 46.6 Å². The first-order chi connectivity index (χ1) is 12.1. The lowest BCUT2D eigenvalue weighted by atomic mass is 10.1. The van der Waals surface area contributed by atoms with Gasteiger partial charge in [0.2, 0.25) is 5.91 Å². The highest BCUT2D eigenvalue weighted by Crippen LogP contribution is 2.21. The molecule has 2 N–H and O–H groups in total. The fraction of sp³-hybridized carbons (Fsp3) is 0.368. The van der Waals surface area contributed by atoms with Gasteiger partial charge in [0, 0.05) is 42.5 Å². The average Bonchev–Trinajstić information content (AvgIpc) is 3.19. The van der Waals surface area contributed by atoms with Gasteiger partial charge in [0.05, 0.1) is 5.69 Å². The molecule has 0 spiro atoms. The number of amides is 1. The van der Waals surface area contributed by atoms with Gasteiger partial charge in [-0.15, -0.1) is 11.3 Å². The third-order valence-electron chi connectivity index (χ3n) is 4.27. The molecule has 132 valence electrons. The minimum absolute atomic E-state index is 0.0333. The molecule has 0 atom stereocenters. The number of thiazole rings is 1. The third-order valence-corrected chi connectivity index (χ3v) is 5.18. The quantitative estimate of drug-likeness (QED) is 0.636.